The van der Waals surface area contributed by atoms with Crippen LogP contribution in [0.4, 0.5) is 0 Å². The van der Waals surface area contributed by atoms with Crippen LogP contribution in [-0.2, 0) is 4.74 Å². The van der Waals surface area contributed by atoms with Crippen LogP contribution in [0.1, 0.15) is 59.3 Å². The van der Waals surface area contributed by atoms with Crippen LogP contribution < -0.4 is 5.32 Å². The summed E-state index contributed by atoms with van der Waals surface area (Å²) < 4.78 is 6.23. The quantitative estimate of drug-likeness (QED) is 0.746. The van der Waals surface area contributed by atoms with Gasteiger partial charge in [-0.15, -0.1) is 0 Å². The van der Waals surface area contributed by atoms with E-state index in [1.165, 1.54) is 38.5 Å². The normalized spacial score (nSPS) is 31.4. The fraction of sp³-hybridized carbons (Fsp3) is 1.00. The zero-order chi connectivity index (χ0) is 13.9. The molecule has 0 aromatic rings. The Morgan fingerprint density at radius 1 is 1.21 bits per heavy atom. The van der Waals surface area contributed by atoms with Crippen molar-refractivity contribution in [3.63, 3.8) is 0 Å². The molecule has 2 rings (SSSR count). The average Bonchev–Trinajstić information content (AvgIpc) is 3.20. The molecule has 3 nitrogen and oxygen atoms in total. The van der Waals surface area contributed by atoms with Crippen molar-refractivity contribution in [1.82, 2.24) is 5.32 Å². The van der Waals surface area contributed by atoms with Crippen molar-refractivity contribution in [2.75, 3.05) is 13.2 Å². The summed E-state index contributed by atoms with van der Waals surface area (Å²) in [4.78, 5) is 0. The Labute approximate surface area is 118 Å². The Morgan fingerprint density at radius 3 is 2.42 bits per heavy atom. The number of aliphatic hydroxyl groups excluding tert-OH is 1. The molecule has 19 heavy (non-hydrogen) atoms. The molecule has 2 fully saturated rings. The Balaban J connectivity index is 1.91. The molecule has 3 heteroatoms. The smallest absolute Gasteiger partial charge is 0.0681 e. The standard InChI is InChI=1S/C16H31NO2/c1-12(2)17-16(10-18,14-8-9-14)11-19-15-7-5-4-6-13(15)3/h12-15,17-18H,4-11H2,1-3H3. The van der Waals surface area contributed by atoms with Crippen LogP contribution in [0.3, 0.4) is 0 Å². The largest absolute Gasteiger partial charge is 0.394 e. The molecule has 0 aromatic heterocycles. The molecular formula is C16H31NO2. The molecule has 3 atom stereocenters. The van der Waals surface area contributed by atoms with Gasteiger partial charge in [-0.2, -0.15) is 0 Å². The first-order valence-corrected chi connectivity index (χ1v) is 8.07. The summed E-state index contributed by atoms with van der Waals surface area (Å²) in [6.45, 7) is 7.46. The van der Waals surface area contributed by atoms with E-state index < -0.39 is 0 Å². The minimum absolute atomic E-state index is 0.191. The lowest BCUT2D eigenvalue weighted by Crippen LogP contribution is -2.57. The van der Waals surface area contributed by atoms with Crippen molar-refractivity contribution in [2.24, 2.45) is 11.8 Å². The van der Waals surface area contributed by atoms with Gasteiger partial charge in [0.2, 0.25) is 0 Å². The summed E-state index contributed by atoms with van der Waals surface area (Å²) in [5.74, 6) is 1.27. The molecule has 2 saturated carbocycles. The fourth-order valence-corrected chi connectivity index (χ4v) is 3.49. The van der Waals surface area contributed by atoms with Gasteiger partial charge >= 0.3 is 0 Å². The molecule has 112 valence electrons. The number of hydrogen-bond acceptors (Lipinski definition) is 3. The maximum Gasteiger partial charge on any atom is 0.0681 e. The summed E-state index contributed by atoms with van der Waals surface area (Å²) in [5, 5.41) is 13.5. The second kappa shape index (κ2) is 6.55. The van der Waals surface area contributed by atoms with Gasteiger partial charge in [-0.1, -0.05) is 33.6 Å². The minimum atomic E-state index is -0.203. The van der Waals surface area contributed by atoms with Crippen LogP contribution in [0.5, 0.6) is 0 Å². The monoisotopic (exact) mass is 269 g/mol. The van der Waals surface area contributed by atoms with Gasteiger partial charge in [-0.3, -0.25) is 0 Å². The Hall–Kier alpha value is -0.120. The summed E-state index contributed by atoms with van der Waals surface area (Å²) >= 11 is 0. The number of hydrogen-bond donors (Lipinski definition) is 2. The Morgan fingerprint density at radius 2 is 1.89 bits per heavy atom. The SMILES string of the molecule is CC(C)NC(CO)(COC1CCCCC1C)C1CC1. The van der Waals surface area contributed by atoms with E-state index in [0.29, 0.717) is 30.6 Å². The molecule has 0 amide bonds. The van der Waals surface area contributed by atoms with E-state index in [1.807, 2.05) is 0 Å². The highest BCUT2D eigenvalue weighted by Crippen LogP contribution is 2.40. The first-order chi connectivity index (χ1) is 9.07. The van der Waals surface area contributed by atoms with E-state index >= 15 is 0 Å². The predicted octanol–water partition coefficient (Wildman–Crippen LogP) is 2.72. The number of nitrogens with one attached hydrogen (secondary N) is 1. The molecular weight excluding hydrogens is 238 g/mol. The highest BCUT2D eigenvalue weighted by molar-refractivity contribution is 5.02. The number of rotatable bonds is 7. The Kier molecular flexibility index (Phi) is 5.27. The fourth-order valence-electron chi connectivity index (χ4n) is 3.49. The van der Waals surface area contributed by atoms with Crippen molar-refractivity contribution >= 4 is 0 Å². The number of ether oxygens (including phenoxy) is 1. The molecule has 0 aliphatic heterocycles. The van der Waals surface area contributed by atoms with Crippen molar-refractivity contribution < 1.29 is 9.84 Å². The lowest BCUT2D eigenvalue weighted by atomic mass is 9.87. The Bertz CT molecular complexity index is 278. The molecule has 0 aromatic carbocycles. The van der Waals surface area contributed by atoms with Gasteiger partial charge < -0.3 is 15.2 Å². The third kappa shape index (κ3) is 3.93. The molecule has 2 aliphatic carbocycles. The molecule has 0 spiro atoms. The van der Waals surface area contributed by atoms with Crippen LogP contribution in [0.15, 0.2) is 0 Å². The van der Waals surface area contributed by atoms with Gasteiger partial charge in [0.15, 0.2) is 0 Å². The molecule has 0 radical (unpaired) electrons. The first-order valence-electron chi connectivity index (χ1n) is 8.07. The molecule has 2 aliphatic rings. The van der Waals surface area contributed by atoms with E-state index in [-0.39, 0.29) is 12.1 Å². The van der Waals surface area contributed by atoms with E-state index in [2.05, 4.69) is 26.1 Å². The van der Waals surface area contributed by atoms with Crippen LogP contribution >= 0.6 is 0 Å². The van der Waals surface area contributed by atoms with Gasteiger partial charge in [0.25, 0.3) is 0 Å². The molecule has 0 heterocycles. The second-order valence-corrected chi connectivity index (χ2v) is 7.00. The van der Waals surface area contributed by atoms with Crippen LogP contribution in [0.25, 0.3) is 0 Å². The summed E-state index contributed by atoms with van der Waals surface area (Å²) in [6.07, 6.45) is 7.97. The van der Waals surface area contributed by atoms with Crippen LogP contribution in [-0.4, -0.2) is 36.0 Å². The average molecular weight is 269 g/mol. The van der Waals surface area contributed by atoms with Crippen molar-refractivity contribution in [3.05, 3.63) is 0 Å². The second-order valence-electron chi connectivity index (χ2n) is 7.00. The highest BCUT2D eigenvalue weighted by Gasteiger charge is 2.46. The zero-order valence-corrected chi connectivity index (χ0v) is 12.8. The first kappa shape index (κ1) is 15.3. The minimum Gasteiger partial charge on any atom is -0.394 e. The predicted molar refractivity (Wildman–Crippen MR) is 78.2 cm³/mol. The summed E-state index contributed by atoms with van der Waals surface area (Å²) in [5.41, 5.74) is -0.203. The summed E-state index contributed by atoms with van der Waals surface area (Å²) in [6, 6.07) is 0.389. The van der Waals surface area contributed by atoms with Gasteiger partial charge in [0.05, 0.1) is 24.9 Å². The molecule has 0 bridgehead atoms. The van der Waals surface area contributed by atoms with Gasteiger partial charge in [0, 0.05) is 6.04 Å². The molecule has 2 N–H and O–H groups in total. The van der Waals surface area contributed by atoms with E-state index in [0.717, 1.165) is 0 Å². The highest BCUT2D eigenvalue weighted by atomic mass is 16.5. The number of aliphatic hydroxyl groups is 1. The summed E-state index contributed by atoms with van der Waals surface area (Å²) in [7, 11) is 0. The van der Waals surface area contributed by atoms with Crippen molar-refractivity contribution in [2.45, 2.75) is 77.0 Å². The topological polar surface area (TPSA) is 41.5 Å². The van der Waals surface area contributed by atoms with Crippen LogP contribution in [0, 0.1) is 11.8 Å². The third-order valence-corrected chi connectivity index (χ3v) is 4.80. The molecule has 3 unspecified atom stereocenters. The van der Waals surface area contributed by atoms with Gasteiger partial charge in [-0.05, 0) is 37.5 Å². The van der Waals surface area contributed by atoms with E-state index in [9.17, 15) is 5.11 Å². The maximum atomic E-state index is 9.89. The lowest BCUT2D eigenvalue weighted by molar-refractivity contribution is -0.0542. The zero-order valence-electron chi connectivity index (χ0n) is 12.8. The maximum absolute atomic E-state index is 9.89. The van der Waals surface area contributed by atoms with Crippen molar-refractivity contribution in [1.29, 1.82) is 0 Å². The van der Waals surface area contributed by atoms with Crippen molar-refractivity contribution in [3.8, 4) is 0 Å². The van der Waals surface area contributed by atoms with Crippen LogP contribution in [0.2, 0.25) is 0 Å². The third-order valence-electron chi connectivity index (χ3n) is 4.80. The molecule has 0 saturated heterocycles. The van der Waals surface area contributed by atoms with Gasteiger partial charge in [0.1, 0.15) is 0 Å². The lowest BCUT2D eigenvalue weighted by Gasteiger charge is -2.38. The van der Waals surface area contributed by atoms with E-state index in [1.54, 1.807) is 0 Å². The van der Waals surface area contributed by atoms with Gasteiger partial charge in [-0.25, -0.2) is 0 Å². The van der Waals surface area contributed by atoms with E-state index in [4.69, 9.17) is 4.74 Å².